The summed E-state index contributed by atoms with van der Waals surface area (Å²) in [5, 5.41) is 8.22. The number of carbonyl (C=O) groups is 1. The fourth-order valence-electron chi connectivity index (χ4n) is 2.90. The van der Waals surface area contributed by atoms with Crippen molar-refractivity contribution in [2.75, 3.05) is 5.75 Å². The summed E-state index contributed by atoms with van der Waals surface area (Å²) < 4.78 is 34.3. The van der Waals surface area contributed by atoms with Crippen molar-refractivity contribution in [2.24, 2.45) is 9.39 Å². The standard InChI is InChI=1S/C21H18N4O4S2/c1-2-31(27,28)21-24-30-20-23-19(26)17(18(22)25(20)21)12-14-8-10-16(11-9-14)29-13-15-6-4-3-5-7-15/h3-12,22H,2,13H2,1H3/b17-12-,22-18?. The van der Waals surface area contributed by atoms with Crippen LogP contribution in [0.1, 0.15) is 18.1 Å². The molecule has 8 nitrogen and oxygen atoms in total. The summed E-state index contributed by atoms with van der Waals surface area (Å²) in [4.78, 5) is 17.5. The number of carbonyl (C=O) groups excluding carboxylic acids is 1. The van der Waals surface area contributed by atoms with Crippen LogP contribution in [-0.4, -0.2) is 41.1 Å². The van der Waals surface area contributed by atoms with Crippen molar-refractivity contribution < 1.29 is 17.9 Å². The fraction of sp³-hybridized carbons (Fsp3) is 0.143. The lowest BCUT2D eigenvalue weighted by atomic mass is 10.1. The minimum atomic E-state index is -3.67. The van der Waals surface area contributed by atoms with E-state index in [2.05, 4.69) is 9.39 Å². The molecule has 31 heavy (non-hydrogen) atoms. The van der Waals surface area contributed by atoms with Crippen LogP contribution in [0.5, 0.6) is 5.75 Å². The molecule has 0 spiro atoms. The van der Waals surface area contributed by atoms with Crippen LogP contribution < -0.4 is 4.74 Å². The zero-order valence-corrected chi connectivity index (χ0v) is 18.1. The van der Waals surface area contributed by atoms with Gasteiger partial charge in [-0.1, -0.05) is 49.4 Å². The Kier molecular flexibility index (Phi) is 5.75. The van der Waals surface area contributed by atoms with Crippen molar-refractivity contribution >= 4 is 49.9 Å². The minimum Gasteiger partial charge on any atom is -0.489 e. The average Bonchev–Trinajstić information content (AvgIpc) is 3.21. The zero-order chi connectivity index (χ0) is 22.0. The fourth-order valence-corrected chi connectivity index (χ4v) is 4.86. The lowest BCUT2D eigenvalue weighted by Gasteiger charge is -2.24. The molecule has 0 aromatic heterocycles. The number of amides is 1. The number of amidine groups is 3. The van der Waals surface area contributed by atoms with Crippen molar-refractivity contribution in [3.05, 3.63) is 71.3 Å². The summed E-state index contributed by atoms with van der Waals surface area (Å²) in [6, 6.07) is 16.8. The van der Waals surface area contributed by atoms with Crippen LogP contribution in [-0.2, 0) is 21.2 Å². The normalized spacial score (nSPS) is 17.5. The molecule has 4 rings (SSSR count). The van der Waals surface area contributed by atoms with E-state index < -0.39 is 15.7 Å². The number of rotatable bonds is 5. The highest BCUT2D eigenvalue weighted by Crippen LogP contribution is 2.30. The third-order valence-electron chi connectivity index (χ3n) is 4.59. The van der Waals surface area contributed by atoms with Crippen LogP contribution in [0.4, 0.5) is 0 Å². The number of sulfone groups is 1. The Morgan fingerprint density at radius 3 is 2.52 bits per heavy atom. The Morgan fingerprint density at radius 1 is 1.13 bits per heavy atom. The first-order valence-electron chi connectivity index (χ1n) is 9.37. The minimum absolute atomic E-state index is 0.0109. The van der Waals surface area contributed by atoms with Gasteiger partial charge in [-0.15, -0.1) is 0 Å². The highest BCUT2D eigenvalue weighted by atomic mass is 32.2. The molecule has 2 aromatic rings. The number of aliphatic imine (C=N–C) groups is 1. The number of ether oxygens (including phenoxy) is 1. The van der Waals surface area contributed by atoms with Crippen LogP contribution in [0, 0.1) is 5.41 Å². The molecule has 0 atom stereocenters. The van der Waals surface area contributed by atoms with Gasteiger partial charge in [0.2, 0.25) is 20.2 Å². The highest BCUT2D eigenvalue weighted by Gasteiger charge is 2.41. The molecule has 10 heteroatoms. The van der Waals surface area contributed by atoms with Crippen LogP contribution in [0.15, 0.2) is 69.6 Å². The Bertz CT molecular complexity index is 1230. The molecule has 0 radical (unpaired) electrons. The summed E-state index contributed by atoms with van der Waals surface area (Å²) in [5.74, 6) is -0.379. The number of hydrogen-bond donors (Lipinski definition) is 1. The van der Waals surface area contributed by atoms with Gasteiger partial charge in [0.05, 0.1) is 23.3 Å². The third kappa shape index (κ3) is 4.30. The monoisotopic (exact) mass is 454 g/mol. The van der Waals surface area contributed by atoms with Gasteiger partial charge in [0.1, 0.15) is 18.2 Å². The van der Waals surface area contributed by atoms with Crippen LogP contribution >= 0.6 is 11.9 Å². The van der Waals surface area contributed by atoms with Gasteiger partial charge in [-0.25, -0.2) is 13.3 Å². The molecular formula is C21H18N4O4S2. The SMILES string of the molecule is CCS(=O)(=O)C1=NSC2=NC(=O)/C(=C\c3ccc(OCc4ccccc4)cc3)C(=N)N21. The van der Waals surface area contributed by atoms with Gasteiger partial charge in [-0.2, -0.15) is 9.39 Å². The quantitative estimate of drug-likeness (QED) is 0.548. The molecule has 1 N–H and O–H groups in total. The van der Waals surface area contributed by atoms with Gasteiger partial charge < -0.3 is 4.74 Å². The summed E-state index contributed by atoms with van der Waals surface area (Å²) >= 11 is 0.777. The van der Waals surface area contributed by atoms with E-state index in [1.54, 1.807) is 24.3 Å². The molecule has 1 amide bonds. The molecule has 2 aliphatic heterocycles. The lowest BCUT2D eigenvalue weighted by molar-refractivity contribution is -0.114. The Labute approximate surface area is 183 Å². The van der Waals surface area contributed by atoms with Crippen LogP contribution in [0.25, 0.3) is 6.08 Å². The van der Waals surface area contributed by atoms with E-state index in [9.17, 15) is 13.2 Å². The van der Waals surface area contributed by atoms with Crippen molar-refractivity contribution in [1.29, 1.82) is 5.41 Å². The van der Waals surface area contributed by atoms with Crippen LogP contribution in [0.2, 0.25) is 0 Å². The van der Waals surface area contributed by atoms with E-state index in [-0.39, 0.29) is 27.5 Å². The second-order valence-corrected chi connectivity index (χ2v) is 9.56. The van der Waals surface area contributed by atoms with E-state index in [1.165, 1.54) is 13.0 Å². The summed E-state index contributed by atoms with van der Waals surface area (Å²) in [6.45, 7) is 1.93. The molecule has 0 saturated heterocycles. The van der Waals surface area contributed by atoms with Crippen LogP contribution in [0.3, 0.4) is 0 Å². The number of nitrogens with zero attached hydrogens (tertiary/aromatic N) is 3. The first-order valence-corrected chi connectivity index (χ1v) is 11.8. The predicted molar refractivity (Wildman–Crippen MR) is 122 cm³/mol. The number of nitrogens with one attached hydrogen (secondary N) is 1. The van der Waals surface area contributed by atoms with Gasteiger partial charge in [-0.05, 0) is 29.3 Å². The maximum Gasteiger partial charge on any atom is 0.283 e. The molecule has 0 unspecified atom stereocenters. The van der Waals surface area contributed by atoms with E-state index in [4.69, 9.17) is 10.1 Å². The highest BCUT2D eigenvalue weighted by molar-refractivity contribution is 8.16. The largest absolute Gasteiger partial charge is 0.489 e. The molecule has 158 valence electrons. The molecule has 0 saturated carbocycles. The van der Waals surface area contributed by atoms with E-state index in [1.807, 2.05) is 30.3 Å². The molecule has 2 heterocycles. The Hall–Kier alpha value is -3.24. The Balaban J connectivity index is 1.54. The topological polar surface area (TPSA) is 112 Å². The van der Waals surface area contributed by atoms with Crippen molar-refractivity contribution in [3.8, 4) is 5.75 Å². The van der Waals surface area contributed by atoms with Crippen molar-refractivity contribution in [3.63, 3.8) is 0 Å². The molecule has 2 aromatic carbocycles. The lowest BCUT2D eigenvalue weighted by Crippen LogP contribution is -2.45. The van der Waals surface area contributed by atoms with Gasteiger partial charge in [0.25, 0.3) is 5.91 Å². The third-order valence-corrected chi connectivity index (χ3v) is 7.00. The first kappa shape index (κ1) is 21.0. The number of benzene rings is 2. The number of fused-ring (bicyclic) bond motifs is 1. The molecule has 2 aliphatic rings. The summed E-state index contributed by atoms with van der Waals surface area (Å²) in [7, 11) is -3.67. The molecule has 0 fully saturated rings. The maximum atomic E-state index is 12.4. The van der Waals surface area contributed by atoms with Gasteiger partial charge in [-0.3, -0.25) is 10.2 Å². The molecule has 0 aliphatic carbocycles. The van der Waals surface area contributed by atoms with Gasteiger partial charge in [0.15, 0.2) is 0 Å². The second-order valence-electron chi connectivity index (χ2n) is 6.65. The Morgan fingerprint density at radius 2 is 1.84 bits per heavy atom. The maximum absolute atomic E-state index is 12.4. The molecule has 0 bridgehead atoms. The van der Waals surface area contributed by atoms with Gasteiger partial charge in [0, 0.05) is 0 Å². The summed E-state index contributed by atoms with van der Waals surface area (Å²) in [5.41, 5.74) is 1.69. The van der Waals surface area contributed by atoms with E-state index in [0.29, 0.717) is 17.9 Å². The second kappa shape index (κ2) is 8.48. The average molecular weight is 455 g/mol. The van der Waals surface area contributed by atoms with Crippen molar-refractivity contribution in [2.45, 2.75) is 13.5 Å². The first-order chi connectivity index (χ1) is 14.9. The van der Waals surface area contributed by atoms with E-state index in [0.717, 1.165) is 22.4 Å². The zero-order valence-electron chi connectivity index (χ0n) is 16.5. The van der Waals surface area contributed by atoms with Crippen molar-refractivity contribution in [1.82, 2.24) is 4.90 Å². The van der Waals surface area contributed by atoms with E-state index >= 15 is 0 Å². The molecular weight excluding hydrogens is 436 g/mol. The van der Waals surface area contributed by atoms with Gasteiger partial charge >= 0.3 is 0 Å². The smallest absolute Gasteiger partial charge is 0.283 e. The predicted octanol–water partition coefficient (Wildman–Crippen LogP) is 3.28. The summed E-state index contributed by atoms with van der Waals surface area (Å²) in [6.07, 6.45) is 1.51. The number of hydrogen-bond acceptors (Lipinski definition) is 7.